The predicted molar refractivity (Wildman–Crippen MR) is 129 cm³/mol. The van der Waals surface area contributed by atoms with Gasteiger partial charge in [-0.25, -0.2) is 0 Å². The second-order valence-electron chi connectivity index (χ2n) is 7.31. The predicted octanol–water partition coefficient (Wildman–Crippen LogP) is 3.61. The molecule has 0 bridgehead atoms. The number of nitrogens with one attached hydrogen (secondary N) is 1. The lowest BCUT2D eigenvalue weighted by atomic mass is 10.2. The fourth-order valence-corrected chi connectivity index (χ4v) is 5.00. The number of nitrogens with two attached hydrogens (primary N) is 1. The number of rotatable bonds is 8. The van der Waals surface area contributed by atoms with Crippen molar-refractivity contribution < 1.29 is 19.1 Å². The van der Waals surface area contributed by atoms with Crippen LogP contribution in [0.1, 0.15) is 15.9 Å². The Hall–Kier alpha value is -3.83. The highest BCUT2D eigenvalue weighted by atomic mass is 32.2. The van der Waals surface area contributed by atoms with Crippen molar-refractivity contribution in [2.45, 2.75) is 11.7 Å². The third-order valence-corrected chi connectivity index (χ3v) is 6.84. The highest BCUT2D eigenvalue weighted by Crippen LogP contribution is 2.34. The van der Waals surface area contributed by atoms with E-state index < -0.39 is 5.91 Å². The SMILES string of the molecule is NC(=O)c1ccsc1NC(=O)CSc1nnc(-c2ccccc2)n1Cc1ccc2c(c1)OCO2. The maximum absolute atomic E-state index is 12.6. The Kier molecular flexibility index (Phi) is 6.19. The molecular formula is C23H19N5O4S2. The molecular weight excluding hydrogens is 474 g/mol. The number of hydrogen-bond acceptors (Lipinski definition) is 8. The van der Waals surface area contributed by atoms with Crippen molar-refractivity contribution in [3.8, 4) is 22.9 Å². The Morgan fingerprint density at radius 1 is 1.09 bits per heavy atom. The van der Waals surface area contributed by atoms with Gasteiger partial charge in [0.2, 0.25) is 12.7 Å². The Balaban J connectivity index is 1.37. The zero-order valence-electron chi connectivity index (χ0n) is 17.8. The molecule has 11 heteroatoms. The van der Waals surface area contributed by atoms with Crippen molar-refractivity contribution in [2.75, 3.05) is 17.9 Å². The number of carbonyl (C=O) groups is 2. The minimum Gasteiger partial charge on any atom is -0.454 e. The average molecular weight is 494 g/mol. The molecule has 3 N–H and O–H groups in total. The van der Waals surface area contributed by atoms with Crippen LogP contribution < -0.4 is 20.5 Å². The number of thiophene rings is 1. The van der Waals surface area contributed by atoms with Crippen molar-refractivity contribution in [2.24, 2.45) is 5.73 Å². The molecule has 2 aromatic carbocycles. The first-order valence-corrected chi connectivity index (χ1v) is 12.1. The molecule has 9 nitrogen and oxygen atoms in total. The lowest BCUT2D eigenvalue weighted by molar-refractivity contribution is -0.113. The Bertz CT molecular complexity index is 1350. The number of aromatic nitrogens is 3. The lowest BCUT2D eigenvalue weighted by Gasteiger charge is -2.11. The van der Waals surface area contributed by atoms with Gasteiger partial charge in [0.05, 0.1) is 17.9 Å². The standard InChI is InChI=1S/C23H19N5O4S2/c24-20(30)16-8-9-33-22(16)25-19(29)12-34-23-27-26-21(15-4-2-1-3-5-15)28(23)11-14-6-7-17-18(10-14)32-13-31-17/h1-10H,11-13H2,(H2,24,30)(H,25,29). The van der Waals surface area contributed by atoms with Crippen molar-refractivity contribution in [3.05, 3.63) is 71.1 Å². The summed E-state index contributed by atoms with van der Waals surface area (Å²) in [5.41, 5.74) is 7.55. The zero-order valence-corrected chi connectivity index (χ0v) is 19.4. The highest BCUT2D eigenvalue weighted by Gasteiger charge is 2.19. The van der Waals surface area contributed by atoms with Gasteiger partial charge in [-0.3, -0.25) is 14.2 Å². The fraction of sp³-hybridized carbons (Fsp3) is 0.130. The van der Waals surface area contributed by atoms with Gasteiger partial charge in [-0.15, -0.1) is 21.5 Å². The summed E-state index contributed by atoms with van der Waals surface area (Å²) in [5, 5.41) is 14.2. The summed E-state index contributed by atoms with van der Waals surface area (Å²) in [6, 6.07) is 17.1. The van der Waals surface area contributed by atoms with Crippen LogP contribution in [0.3, 0.4) is 0 Å². The van der Waals surface area contributed by atoms with E-state index in [1.165, 1.54) is 23.1 Å². The average Bonchev–Trinajstić information content (AvgIpc) is 3.58. The van der Waals surface area contributed by atoms with E-state index in [2.05, 4.69) is 15.5 Å². The third kappa shape index (κ3) is 4.61. The fourth-order valence-electron chi connectivity index (χ4n) is 3.45. The van der Waals surface area contributed by atoms with E-state index in [1.807, 2.05) is 53.1 Å². The number of thioether (sulfide) groups is 1. The largest absolute Gasteiger partial charge is 0.454 e. The summed E-state index contributed by atoms with van der Waals surface area (Å²) in [5.74, 6) is 1.33. The van der Waals surface area contributed by atoms with Gasteiger partial charge in [0, 0.05) is 5.56 Å². The number of carbonyl (C=O) groups excluding carboxylic acids is 2. The van der Waals surface area contributed by atoms with Crippen LogP contribution in [0.5, 0.6) is 11.5 Å². The lowest BCUT2D eigenvalue weighted by Crippen LogP contribution is -2.18. The molecule has 0 fully saturated rings. The molecule has 0 radical (unpaired) electrons. The summed E-state index contributed by atoms with van der Waals surface area (Å²) in [4.78, 5) is 24.1. The van der Waals surface area contributed by atoms with Crippen molar-refractivity contribution in [1.82, 2.24) is 14.8 Å². The second kappa shape index (κ2) is 9.57. The second-order valence-corrected chi connectivity index (χ2v) is 9.17. The normalized spacial score (nSPS) is 12.0. The molecule has 0 saturated carbocycles. The minimum atomic E-state index is -0.583. The van der Waals surface area contributed by atoms with E-state index in [-0.39, 0.29) is 18.5 Å². The smallest absolute Gasteiger partial charge is 0.251 e. The number of ether oxygens (including phenoxy) is 2. The van der Waals surface area contributed by atoms with Crippen LogP contribution in [0.4, 0.5) is 5.00 Å². The molecule has 0 aliphatic carbocycles. The summed E-state index contributed by atoms with van der Waals surface area (Å²) < 4.78 is 12.9. The molecule has 1 aliphatic rings. The number of nitrogens with zero attached hydrogens (tertiary/aromatic N) is 3. The molecule has 2 aromatic heterocycles. The first kappa shape index (κ1) is 22.0. The van der Waals surface area contributed by atoms with Crippen LogP contribution in [-0.2, 0) is 11.3 Å². The van der Waals surface area contributed by atoms with Gasteiger partial charge >= 0.3 is 0 Å². The van der Waals surface area contributed by atoms with Crippen molar-refractivity contribution in [3.63, 3.8) is 0 Å². The summed E-state index contributed by atoms with van der Waals surface area (Å²) >= 11 is 2.51. The molecule has 0 saturated heterocycles. The number of hydrogen-bond donors (Lipinski definition) is 2. The molecule has 3 heterocycles. The molecule has 0 atom stereocenters. The van der Waals surface area contributed by atoms with E-state index in [0.29, 0.717) is 39.6 Å². The van der Waals surface area contributed by atoms with Gasteiger partial charge in [-0.1, -0.05) is 48.2 Å². The molecule has 172 valence electrons. The van der Waals surface area contributed by atoms with Crippen LogP contribution >= 0.6 is 23.1 Å². The topological polar surface area (TPSA) is 121 Å². The Morgan fingerprint density at radius 2 is 1.91 bits per heavy atom. The minimum absolute atomic E-state index is 0.0875. The number of amides is 2. The molecule has 34 heavy (non-hydrogen) atoms. The van der Waals surface area contributed by atoms with Crippen LogP contribution in [0.2, 0.25) is 0 Å². The molecule has 1 aliphatic heterocycles. The maximum Gasteiger partial charge on any atom is 0.251 e. The van der Waals surface area contributed by atoms with Crippen molar-refractivity contribution in [1.29, 1.82) is 0 Å². The Labute approximate surface area is 202 Å². The van der Waals surface area contributed by atoms with Crippen molar-refractivity contribution >= 4 is 39.9 Å². The zero-order chi connectivity index (χ0) is 23.5. The van der Waals surface area contributed by atoms with Gasteiger partial charge in [0.15, 0.2) is 22.5 Å². The quantitative estimate of drug-likeness (QED) is 0.360. The van der Waals surface area contributed by atoms with Crippen LogP contribution in [0.15, 0.2) is 65.1 Å². The van der Waals surface area contributed by atoms with Gasteiger partial charge in [-0.2, -0.15) is 0 Å². The van der Waals surface area contributed by atoms with E-state index in [4.69, 9.17) is 15.2 Å². The first-order valence-electron chi connectivity index (χ1n) is 10.3. The number of primary amides is 1. The first-order chi connectivity index (χ1) is 16.6. The highest BCUT2D eigenvalue weighted by molar-refractivity contribution is 7.99. The maximum atomic E-state index is 12.6. The number of fused-ring (bicyclic) bond motifs is 1. The molecule has 0 unspecified atom stereocenters. The van der Waals surface area contributed by atoms with E-state index in [1.54, 1.807) is 11.4 Å². The summed E-state index contributed by atoms with van der Waals surface area (Å²) in [6.07, 6.45) is 0. The van der Waals surface area contributed by atoms with Gasteiger partial charge in [0.25, 0.3) is 5.91 Å². The number of anilines is 1. The van der Waals surface area contributed by atoms with Crippen LogP contribution in [-0.4, -0.2) is 39.1 Å². The summed E-state index contributed by atoms with van der Waals surface area (Å²) in [7, 11) is 0. The number of benzene rings is 2. The van der Waals surface area contributed by atoms with Crippen LogP contribution in [0.25, 0.3) is 11.4 Å². The molecule has 0 spiro atoms. The van der Waals surface area contributed by atoms with E-state index in [0.717, 1.165) is 11.1 Å². The van der Waals surface area contributed by atoms with Gasteiger partial charge < -0.3 is 20.5 Å². The molecule has 4 aromatic rings. The Morgan fingerprint density at radius 3 is 2.74 bits per heavy atom. The van der Waals surface area contributed by atoms with Crippen LogP contribution in [0, 0.1) is 0 Å². The third-order valence-electron chi connectivity index (χ3n) is 5.04. The molecule has 5 rings (SSSR count). The van der Waals surface area contributed by atoms with Gasteiger partial charge in [0.1, 0.15) is 5.00 Å². The molecule has 2 amide bonds. The van der Waals surface area contributed by atoms with E-state index in [9.17, 15) is 9.59 Å². The summed E-state index contributed by atoms with van der Waals surface area (Å²) in [6.45, 7) is 0.688. The van der Waals surface area contributed by atoms with Gasteiger partial charge in [-0.05, 0) is 29.1 Å². The monoisotopic (exact) mass is 493 g/mol. The van der Waals surface area contributed by atoms with E-state index >= 15 is 0 Å².